The van der Waals surface area contributed by atoms with Crippen molar-refractivity contribution in [2.75, 3.05) is 26.2 Å². The van der Waals surface area contributed by atoms with E-state index in [4.69, 9.17) is 0 Å². The second-order valence-corrected chi connectivity index (χ2v) is 8.16. The van der Waals surface area contributed by atoms with Gasteiger partial charge in [0.1, 0.15) is 6.54 Å². The summed E-state index contributed by atoms with van der Waals surface area (Å²) in [5.41, 5.74) is -0.561. The lowest BCUT2D eigenvalue weighted by atomic mass is 9.77. The van der Waals surface area contributed by atoms with Gasteiger partial charge in [0.25, 0.3) is 5.56 Å². The number of amides is 2. The van der Waals surface area contributed by atoms with E-state index in [0.717, 1.165) is 32.4 Å². The van der Waals surface area contributed by atoms with E-state index in [9.17, 15) is 14.4 Å². The lowest BCUT2D eigenvalue weighted by Crippen LogP contribution is -2.52. The summed E-state index contributed by atoms with van der Waals surface area (Å²) in [4.78, 5) is 41.5. The molecule has 0 aromatic carbocycles. The molecule has 6 heteroatoms. The Morgan fingerprint density at radius 3 is 2.69 bits per heavy atom. The smallest absolute Gasteiger partial charge is 0.250 e. The van der Waals surface area contributed by atoms with Crippen molar-refractivity contribution in [3.05, 3.63) is 34.7 Å². The molecule has 2 amide bonds. The van der Waals surface area contributed by atoms with Crippen LogP contribution in [0.15, 0.2) is 29.2 Å². The molecule has 0 bridgehead atoms. The van der Waals surface area contributed by atoms with Crippen molar-refractivity contribution in [3.8, 4) is 0 Å². The summed E-state index contributed by atoms with van der Waals surface area (Å²) < 4.78 is 1.43. The maximum atomic E-state index is 13.1. The van der Waals surface area contributed by atoms with Crippen LogP contribution in [-0.4, -0.2) is 52.4 Å². The second kappa shape index (κ2) is 6.89. The molecule has 1 aromatic heterocycles. The van der Waals surface area contributed by atoms with Crippen LogP contribution in [0.5, 0.6) is 0 Å². The number of piperidine rings is 1. The Hall–Kier alpha value is -2.11. The molecular weight excluding hydrogens is 330 g/mol. The molecule has 6 nitrogen and oxygen atoms in total. The number of carbonyl (C=O) groups is 2. The first-order chi connectivity index (χ1) is 12.6. The Kier molecular flexibility index (Phi) is 4.59. The third kappa shape index (κ3) is 3.17. The highest BCUT2D eigenvalue weighted by Crippen LogP contribution is 2.41. The molecule has 4 rings (SSSR count). The van der Waals surface area contributed by atoms with Crippen LogP contribution in [0.2, 0.25) is 0 Å². The standard InChI is InChI=1S/C20H27N3O3/c24-17-7-1-2-10-21(17)14-18(25)23-12-9-20(15-23)8-4-11-22(19(20)26)13-16-5-3-6-16/h1-2,7,10,16H,3-6,8-9,11-15H2. The molecule has 26 heavy (non-hydrogen) atoms. The minimum Gasteiger partial charge on any atom is -0.342 e. The van der Waals surface area contributed by atoms with E-state index in [1.54, 1.807) is 23.2 Å². The monoisotopic (exact) mass is 357 g/mol. The minimum absolute atomic E-state index is 0.0513. The van der Waals surface area contributed by atoms with Gasteiger partial charge in [0, 0.05) is 38.4 Å². The number of rotatable bonds is 4. The van der Waals surface area contributed by atoms with E-state index in [-0.39, 0.29) is 29.3 Å². The van der Waals surface area contributed by atoms with Gasteiger partial charge in [-0.05, 0) is 44.1 Å². The average Bonchev–Trinajstić information content (AvgIpc) is 3.02. The van der Waals surface area contributed by atoms with E-state index in [2.05, 4.69) is 4.90 Å². The SMILES string of the molecule is O=C(Cn1ccccc1=O)N1CCC2(CCCN(CC3CCC3)C2=O)C1. The van der Waals surface area contributed by atoms with Crippen LogP contribution < -0.4 is 5.56 Å². The molecule has 3 aliphatic rings. The van der Waals surface area contributed by atoms with Gasteiger partial charge in [-0.3, -0.25) is 14.4 Å². The number of aromatic nitrogens is 1. The topological polar surface area (TPSA) is 62.6 Å². The van der Waals surface area contributed by atoms with Gasteiger partial charge in [-0.1, -0.05) is 12.5 Å². The maximum absolute atomic E-state index is 13.1. The van der Waals surface area contributed by atoms with Crippen LogP contribution in [0.25, 0.3) is 0 Å². The molecule has 1 aromatic rings. The van der Waals surface area contributed by atoms with Crippen molar-refractivity contribution in [2.24, 2.45) is 11.3 Å². The van der Waals surface area contributed by atoms with Crippen molar-refractivity contribution < 1.29 is 9.59 Å². The second-order valence-electron chi connectivity index (χ2n) is 8.16. The van der Waals surface area contributed by atoms with Gasteiger partial charge in [0.15, 0.2) is 0 Å². The molecule has 1 aliphatic carbocycles. The number of nitrogens with zero attached hydrogens (tertiary/aromatic N) is 3. The quantitative estimate of drug-likeness (QED) is 0.820. The molecule has 2 saturated heterocycles. The van der Waals surface area contributed by atoms with E-state index in [1.165, 1.54) is 29.9 Å². The molecule has 1 saturated carbocycles. The highest BCUT2D eigenvalue weighted by molar-refractivity contribution is 5.86. The fourth-order valence-corrected chi connectivity index (χ4v) is 4.61. The van der Waals surface area contributed by atoms with Crippen LogP contribution in [0.3, 0.4) is 0 Å². The Balaban J connectivity index is 1.41. The van der Waals surface area contributed by atoms with Crippen LogP contribution in [0, 0.1) is 11.3 Å². The lowest BCUT2D eigenvalue weighted by molar-refractivity contribution is -0.147. The van der Waals surface area contributed by atoms with Gasteiger partial charge in [0.05, 0.1) is 5.41 Å². The van der Waals surface area contributed by atoms with E-state index < -0.39 is 0 Å². The summed E-state index contributed by atoms with van der Waals surface area (Å²) in [6.45, 7) is 2.94. The predicted octanol–water partition coefficient (Wildman–Crippen LogP) is 1.49. The molecule has 1 atom stereocenters. The van der Waals surface area contributed by atoms with Crippen LogP contribution >= 0.6 is 0 Å². The number of hydrogen-bond acceptors (Lipinski definition) is 3. The predicted molar refractivity (Wildman–Crippen MR) is 97.5 cm³/mol. The molecular formula is C20H27N3O3. The van der Waals surface area contributed by atoms with Crippen LogP contribution in [0.1, 0.15) is 38.5 Å². The number of hydrogen-bond donors (Lipinski definition) is 0. The Morgan fingerprint density at radius 2 is 1.96 bits per heavy atom. The van der Waals surface area contributed by atoms with Gasteiger partial charge < -0.3 is 14.4 Å². The summed E-state index contributed by atoms with van der Waals surface area (Å²) in [7, 11) is 0. The van der Waals surface area contributed by atoms with Gasteiger partial charge in [0.2, 0.25) is 11.8 Å². The first kappa shape index (κ1) is 17.3. The van der Waals surface area contributed by atoms with Crippen LogP contribution in [-0.2, 0) is 16.1 Å². The highest BCUT2D eigenvalue weighted by Gasteiger charge is 2.49. The van der Waals surface area contributed by atoms with Gasteiger partial charge in [-0.25, -0.2) is 0 Å². The number of pyridine rings is 1. The molecule has 3 fully saturated rings. The van der Waals surface area contributed by atoms with Crippen molar-refractivity contribution in [1.29, 1.82) is 0 Å². The Bertz CT molecular complexity index is 755. The molecule has 3 heterocycles. The number of carbonyl (C=O) groups excluding carboxylic acids is 2. The lowest BCUT2D eigenvalue weighted by Gasteiger charge is -2.42. The summed E-state index contributed by atoms with van der Waals surface area (Å²) in [6.07, 6.45) is 8.07. The fraction of sp³-hybridized carbons (Fsp3) is 0.650. The van der Waals surface area contributed by atoms with Gasteiger partial charge >= 0.3 is 0 Å². The third-order valence-electron chi connectivity index (χ3n) is 6.44. The molecule has 0 N–H and O–H groups in total. The first-order valence-electron chi connectivity index (χ1n) is 9.80. The normalized spacial score (nSPS) is 26.4. The molecule has 0 radical (unpaired) electrons. The summed E-state index contributed by atoms with van der Waals surface area (Å²) in [5, 5.41) is 0. The van der Waals surface area contributed by atoms with E-state index in [0.29, 0.717) is 19.0 Å². The van der Waals surface area contributed by atoms with Crippen LogP contribution in [0.4, 0.5) is 0 Å². The van der Waals surface area contributed by atoms with Gasteiger partial charge in [-0.2, -0.15) is 0 Å². The largest absolute Gasteiger partial charge is 0.342 e. The summed E-state index contributed by atoms with van der Waals surface area (Å²) in [5.74, 6) is 0.861. The zero-order valence-corrected chi connectivity index (χ0v) is 15.2. The van der Waals surface area contributed by atoms with E-state index >= 15 is 0 Å². The molecule has 1 unspecified atom stereocenters. The zero-order chi connectivity index (χ0) is 18.1. The fourth-order valence-electron chi connectivity index (χ4n) is 4.61. The highest BCUT2D eigenvalue weighted by atomic mass is 16.2. The van der Waals surface area contributed by atoms with Crippen molar-refractivity contribution in [1.82, 2.24) is 14.4 Å². The average molecular weight is 357 g/mol. The molecule has 2 aliphatic heterocycles. The van der Waals surface area contributed by atoms with E-state index in [1.807, 2.05) is 0 Å². The minimum atomic E-state index is -0.390. The van der Waals surface area contributed by atoms with Gasteiger partial charge in [-0.15, -0.1) is 0 Å². The first-order valence-corrected chi connectivity index (χ1v) is 9.80. The molecule has 140 valence electrons. The third-order valence-corrected chi connectivity index (χ3v) is 6.44. The molecule has 1 spiro atoms. The Morgan fingerprint density at radius 1 is 1.12 bits per heavy atom. The number of likely N-dealkylation sites (tertiary alicyclic amines) is 2. The van der Waals surface area contributed by atoms with Crippen molar-refractivity contribution >= 4 is 11.8 Å². The Labute approximate surface area is 153 Å². The summed E-state index contributed by atoms with van der Waals surface area (Å²) >= 11 is 0. The zero-order valence-electron chi connectivity index (χ0n) is 15.2. The van der Waals surface area contributed by atoms with Crippen molar-refractivity contribution in [3.63, 3.8) is 0 Å². The maximum Gasteiger partial charge on any atom is 0.250 e. The van der Waals surface area contributed by atoms with Crippen molar-refractivity contribution in [2.45, 2.75) is 45.1 Å². The summed E-state index contributed by atoms with van der Waals surface area (Å²) in [6, 6.07) is 4.89.